The molecule has 1 amide bonds. The van der Waals surface area contributed by atoms with E-state index in [0.29, 0.717) is 24.3 Å². The SMILES string of the molecule is COc1ccccc1S(=O)(=O)Nc1cccc(N2CCCC2=O)c1. The minimum atomic E-state index is -3.79. The average molecular weight is 346 g/mol. The Morgan fingerprint density at radius 2 is 1.92 bits per heavy atom. The highest BCUT2D eigenvalue weighted by Gasteiger charge is 2.23. The first-order chi connectivity index (χ1) is 11.5. The number of sulfonamides is 1. The van der Waals surface area contributed by atoms with Crippen LogP contribution in [0.15, 0.2) is 53.4 Å². The van der Waals surface area contributed by atoms with E-state index in [1.54, 1.807) is 47.4 Å². The summed E-state index contributed by atoms with van der Waals surface area (Å²) in [6, 6.07) is 13.2. The maximum absolute atomic E-state index is 12.6. The lowest BCUT2D eigenvalue weighted by molar-refractivity contribution is -0.117. The van der Waals surface area contributed by atoms with Gasteiger partial charge in [0, 0.05) is 18.7 Å². The number of para-hydroxylation sites is 1. The first-order valence-corrected chi connectivity index (χ1v) is 9.06. The molecule has 0 radical (unpaired) electrons. The Kier molecular flexibility index (Phi) is 4.44. The van der Waals surface area contributed by atoms with Gasteiger partial charge in [0.15, 0.2) is 0 Å². The van der Waals surface area contributed by atoms with Gasteiger partial charge in [-0.15, -0.1) is 0 Å². The van der Waals surface area contributed by atoms with Crippen molar-refractivity contribution >= 4 is 27.3 Å². The predicted octanol–water partition coefficient (Wildman–Crippen LogP) is 2.62. The van der Waals surface area contributed by atoms with Crippen LogP contribution in [0.2, 0.25) is 0 Å². The van der Waals surface area contributed by atoms with E-state index >= 15 is 0 Å². The minimum Gasteiger partial charge on any atom is -0.495 e. The summed E-state index contributed by atoms with van der Waals surface area (Å²) >= 11 is 0. The molecule has 0 aromatic heterocycles. The molecule has 0 aliphatic carbocycles. The maximum Gasteiger partial charge on any atom is 0.265 e. The molecule has 6 nitrogen and oxygen atoms in total. The molecule has 3 rings (SSSR count). The van der Waals surface area contributed by atoms with Crippen LogP contribution >= 0.6 is 0 Å². The largest absolute Gasteiger partial charge is 0.495 e. The molecule has 0 unspecified atom stereocenters. The number of ether oxygens (including phenoxy) is 1. The van der Waals surface area contributed by atoms with Crippen LogP contribution in [-0.2, 0) is 14.8 Å². The van der Waals surface area contributed by atoms with Crippen molar-refractivity contribution in [3.8, 4) is 5.75 Å². The van der Waals surface area contributed by atoms with Gasteiger partial charge in [0.05, 0.1) is 12.8 Å². The lowest BCUT2D eigenvalue weighted by Gasteiger charge is -2.17. The average Bonchev–Trinajstić information content (AvgIpc) is 3.01. The van der Waals surface area contributed by atoms with Gasteiger partial charge in [-0.05, 0) is 36.8 Å². The standard InChI is InChI=1S/C17H18N2O4S/c1-23-15-8-2-3-9-16(15)24(21,22)18-13-6-4-7-14(12-13)19-11-5-10-17(19)20/h2-4,6-9,12,18H,5,10-11H2,1H3. The number of amides is 1. The summed E-state index contributed by atoms with van der Waals surface area (Å²) < 4.78 is 32.9. The van der Waals surface area contributed by atoms with Crippen molar-refractivity contribution in [2.75, 3.05) is 23.3 Å². The molecular formula is C17H18N2O4S. The lowest BCUT2D eigenvalue weighted by atomic mass is 10.2. The van der Waals surface area contributed by atoms with Crippen molar-refractivity contribution in [3.05, 3.63) is 48.5 Å². The molecule has 0 spiro atoms. The fraction of sp³-hybridized carbons (Fsp3) is 0.235. The quantitative estimate of drug-likeness (QED) is 0.903. The Hall–Kier alpha value is -2.54. The van der Waals surface area contributed by atoms with Gasteiger partial charge in [-0.1, -0.05) is 18.2 Å². The van der Waals surface area contributed by atoms with Gasteiger partial charge >= 0.3 is 0 Å². The van der Waals surface area contributed by atoms with Crippen LogP contribution in [0.25, 0.3) is 0 Å². The highest BCUT2D eigenvalue weighted by atomic mass is 32.2. The molecule has 1 N–H and O–H groups in total. The zero-order valence-electron chi connectivity index (χ0n) is 13.2. The molecule has 0 bridgehead atoms. The third-order valence-electron chi connectivity index (χ3n) is 3.84. The fourth-order valence-corrected chi connectivity index (χ4v) is 3.93. The number of nitrogens with one attached hydrogen (secondary N) is 1. The molecule has 1 heterocycles. The minimum absolute atomic E-state index is 0.0553. The molecule has 1 aliphatic rings. The van der Waals surface area contributed by atoms with Crippen molar-refractivity contribution in [2.24, 2.45) is 0 Å². The Labute approximate surface area is 141 Å². The van der Waals surface area contributed by atoms with E-state index in [9.17, 15) is 13.2 Å². The first-order valence-electron chi connectivity index (χ1n) is 7.57. The Bertz CT molecular complexity index is 864. The van der Waals surface area contributed by atoms with Crippen LogP contribution in [0, 0.1) is 0 Å². The summed E-state index contributed by atoms with van der Waals surface area (Å²) in [4.78, 5) is 13.6. The molecular weight excluding hydrogens is 328 g/mol. The predicted molar refractivity (Wildman–Crippen MR) is 91.8 cm³/mol. The Morgan fingerprint density at radius 3 is 2.62 bits per heavy atom. The highest BCUT2D eigenvalue weighted by Crippen LogP contribution is 2.28. The van der Waals surface area contributed by atoms with Crippen LogP contribution in [0.1, 0.15) is 12.8 Å². The summed E-state index contributed by atoms with van der Waals surface area (Å²) in [5.41, 5.74) is 1.09. The second-order valence-electron chi connectivity index (χ2n) is 5.46. The lowest BCUT2D eigenvalue weighted by Crippen LogP contribution is -2.23. The zero-order valence-corrected chi connectivity index (χ0v) is 14.0. The molecule has 126 valence electrons. The topological polar surface area (TPSA) is 75.7 Å². The van der Waals surface area contributed by atoms with Crippen molar-refractivity contribution in [1.82, 2.24) is 0 Å². The maximum atomic E-state index is 12.6. The molecule has 1 aliphatic heterocycles. The highest BCUT2D eigenvalue weighted by molar-refractivity contribution is 7.92. The number of carbonyl (C=O) groups is 1. The summed E-state index contributed by atoms with van der Waals surface area (Å²) in [5.74, 6) is 0.329. The second-order valence-corrected chi connectivity index (χ2v) is 7.11. The van der Waals surface area contributed by atoms with E-state index in [-0.39, 0.29) is 16.6 Å². The van der Waals surface area contributed by atoms with Gasteiger partial charge in [-0.25, -0.2) is 8.42 Å². The Morgan fingerprint density at radius 1 is 1.12 bits per heavy atom. The molecule has 24 heavy (non-hydrogen) atoms. The van der Waals surface area contributed by atoms with E-state index < -0.39 is 10.0 Å². The third kappa shape index (κ3) is 3.21. The van der Waals surface area contributed by atoms with Crippen molar-refractivity contribution in [3.63, 3.8) is 0 Å². The number of benzene rings is 2. The van der Waals surface area contributed by atoms with E-state index in [2.05, 4.69) is 4.72 Å². The van der Waals surface area contributed by atoms with Gasteiger partial charge in [0.1, 0.15) is 10.6 Å². The van der Waals surface area contributed by atoms with Crippen LogP contribution in [0.4, 0.5) is 11.4 Å². The number of hydrogen-bond acceptors (Lipinski definition) is 4. The number of rotatable bonds is 5. The fourth-order valence-electron chi connectivity index (χ4n) is 2.71. The van der Waals surface area contributed by atoms with Gasteiger partial charge in [0.2, 0.25) is 5.91 Å². The van der Waals surface area contributed by atoms with Crippen LogP contribution < -0.4 is 14.4 Å². The van der Waals surface area contributed by atoms with E-state index in [4.69, 9.17) is 4.74 Å². The van der Waals surface area contributed by atoms with E-state index in [1.807, 2.05) is 0 Å². The normalized spacial score (nSPS) is 14.7. The van der Waals surface area contributed by atoms with Crippen LogP contribution in [0.3, 0.4) is 0 Å². The number of anilines is 2. The van der Waals surface area contributed by atoms with Crippen molar-refractivity contribution in [2.45, 2.75) is 17.7 Å². The molecule has 0 atom stereocenters. The summed E-state index contributed by atoms with van der Waals surface area (Å²) in [6.07, 6.45) is 1.34. The van der Waals surface area contributed by atoms with Crippen LogP contribution in [0.5, 0.6) is 5.75 Å². The molecule has 2 aromatic rings. The number of carbonyl (C=O) groups excluding carboxylic acids is 1. The Balaban J connectivity index is 1.89. The van der Waals surface area contributed by atoms with Gasteiger partial charge < -0.3 is 9.64 Å². The van der Waals surface area contributed by atoms with E-state index in [0.717, 1.165) is 6.42 Å². The summed E-state index contributed by atoms with van der Waals surface area (Å²) in [5, 5.41) is 0. The number of methoxy groups -OCH3 is 1. The number of nitrogens with zero attached hydrogens (tertiary/aromatic N) is 1. The molecule has 1 saturated heterocycles. The smallest absolute Gasteiger partial charge is 0.265 e. The molecule has 7 heteroatoms. The summed E-state index contributed by atoms with van der Waals surface area (Å²) in [7, 11) is -2.36. The molecule has 2 aromatic carbocycles. The number of hydrogen-bond donors (Lipinski definition) is 1. The van der Waals surface area contributed by atoms with Crippen molar-refractivity contribution in [1.29, 1.82) is 0 Å². The van der Waals surface area contributed by atoms with Gasteiger partial charge in [-0.3, -0.25) is 9.52 Å². The summed E-state index contributed by atoms with van der Waals surface area (Å²) in [6.45, 7) is 0.654. The zero-order chi connectivity index (χ0) is 17.2. The second kappa shape index (κ2) is 6.52. The van der Waals surface area contributed by atoms with Crippen LogP contribution in [-0.4, -0.2) is 28.0 Å². The third-order valence-corrected chi connectivity index (χ3v) is 5.26. The first kappa shape index (κ1) is 16.3. The van der Waals surface area contributed by atoms with Gasteiger partial charge in [0.25, 0.3) is 10.0 Å². The molecule has 0 saturated carbocycles. The van der Waals surface area contributed by atoms with Gasteiger partial charge in [-0.2, -0.15) is 0 Å². The monoisotopic (exact) mass is 346 g/mol. The molecule has 1 fully saturated rings. The van der Waals surface area contributed by atoms with E-state index in [1.165, 1.54) is 13.2 Å². The van der Waals surface area contributed by atoms with Crippen molar-refractivity contribution < 1.29 is 17.9 Å².